The number of aliphatic hydroxyl groups excluding tert-OH is 1. The normalized spacial score (nSPS) is 11.4. The van der Waals surface area contributed by atoms with Crippen LogP contribution in [0.1, 0.15) is 48.6 Å². The molecule has 0 saturated carbocycles. The number of benzene rings is 1. The number of carbonyl (C=O) groups is 1. The maximum absolute atomic E-state index is 12.7. The van der Waals surface area contributed by atoms with E-state index >= 15 is 0 Å². The molecular weight excluding hydrogens is 400 g/mol. The molecule has 8 heteroatoms. The van der Waals surface area contributed by atoms with Gasteiger partial charge < -0.3 is 21.2 Å². The summed E-state index contributed by atoms with van der Waals surface area (Å²) in [6.07, 6.45) is 2.50. The van der Waals surface area contributed by atoms with Crippen molar-refractivity contribution in [1.82, 2.24) is 10.3 Å². The zero-order valence-electron chi connectivity index (χ0n) is 17.5. The molecular formula is C22H30N4O3S. The summed E-state index contributed by atoms with van der Waals surface area (Å²) in [5.41, 5.74) is 2.84. The maximum atomic E-state index is 12.7. The maximum Gasteiger partial charge on any atom is 0.258 e. The summed E-state index contributed by atoms with van der Waals surface area (Å²) in [7, 11) is 0. The Balaban J connectivity index is 0.00000119. The quantitative estimate of drug-likeness (QED) is 0.573. The van der Waals surface area contributed by atoms with Crippen LogP contribution in [0.25, 0.3) is 10.9 Å². The van der Waals surface area contributed by atoms with E-state index in [0.29, 0.717) is 21.6 Å². The minimum Gasteiger partial charge on any atom is -0.412 e. The molecule has 1 aliphatic heterocycles. The molecule has 0 bridgehead atoms. The van der Waals surface area contributed by atoms with Crippen LogP contribution in [0.2, 0.25) is 0 Å². The smallest absolute Gasteiger partial charge is 0.258 e. The topological polar surface area (TPSA) is 130 Å². The van der Waals surface area contributed by atoms with Gasteiger partial charge in [-0.3, -0.25) is 9.78 Å². The third kappa shape index (κ3) is 5.62. The predicted molar refractivity (Wildman–Crippen MR) is 124 cm³/mol. The Morgan fingerprint density at radius 3 is 2.77 bits per heavy atom. The first-order valence-electron chi connectivity index (χ1n) is 9.70. The Morgan fingerprint density at radius 1 is 1.37 bits per heavy atom. The molecule has 0 atom stereocenters. The molecule has 2 aromatic heterocycles. The number of amides is 1. The molecule has 0 fully saturated rings. The van der Waals surface area contributed by atoms with Gasteiger partial charge in [0.15, 0.2) is 0 Å². The first-order valence-corrected chi connectivity index (χ1v) is 10.5. The fourth-order valence-corrected chi connectivity index (χ4v) is 4.16. The van der Waals surface area contributed by atoms with Crippen molar-refractivity contribution >= 4 is 33.1 Å². The summed E-state index contributed by atoms with van der Waals surface area (Å²) in [6.45, 7) is 7.54. The van der Waals surface area contributed by atoms with Crippen molar-refractivity contribution in [2.75, 3.05) is 18.5 Å². The Morgan fingerprint density at radius 2 is 2.07 bits per heavy atom. The lowest BCUT2D eigenvalue weighted by molar-refractivity contribution is 0.102. The minimum atomic E-state index is -0.234. The van der Waals surface area contributed by atoms with Gasteiger partial charge in [0.1, 0.15) is 11.1 Å². The van der Waals surface area contributed by atoms with E-state index in [1.54, 1.807) is 19.2 Å². The highest BCUT2D eigenvalue weighted by atomic mass is 32.1. The number of carbonyl (C=O) groups excluding carboxylic acids is 1. The van der Waals surface area contributed by atoms with Gasteiger partial charge in [-0.25, -0.2) is 0 Å². The molecule has 1 aromatic carbocycles. The summed E-state index contributed by atoms with van der Waals surface area (Å²) in [5, 5.41) is 24.8. The Hall–Kier alpha value is -2.83. The van der Waals surface area contributed by atoms with Crippen molar-refractivity contribution in [3.05, 3.63) is 58.1 Å². The second kappa shape index (κ2) is 12.7. The minimum absolute atomic E-state index is 0. The zero-order chi connectivity index (χ0) is 21.2. The predicted octanol–water partition coefficient (Wildman–Crippen LogP) is 3.51. The molecule has 3 aromatic rings. The van der Waals surface area contributed by atoms with Crippen molar-refractivity contribution in [1.29, 1.82) is 5.26 Å². The highest BCUT2D eigenvalue weighted by Crippen LogP contribution is 2.35. The molecule has 0 saturated heterocycles. The van der Waals surface area contributed by atoms with Gasteiger partial charge in [0.05, 0.1) is 16.6 Å². The van der Waals surface area contributed by atoms with Gasteiger partial charge in [-0.2, -0.15) is 5.26 Å². The molecule has 0 aliphatic carbocycles. The van der Waals surface area contributed by atoms with Crippen LogP contribution < -0.4 is 10.6 Å². The number of para-hydroxylation sites is 1. The number of fused-ring (bicyclic) bond motifs is 2. The number of pyridine rings is 1. The molecule has 7 nitrogen and oxygen atoms in total. The standard InChI is InChI=1S/C18H14N4OS.C2H6O.C2H6.H2O.H2/c19-9-14-12-6-8-20-10-15(12)24-18(14)22-17(23)13-5-1-3-11-4-2-7-21-16(11)13;1-2-3;1-2;;/h1-5,7,20H,6,8,10H2,(H,22,23);3H,2H2,1H3;1-2H3;1H2;1H. The number of hydrogen-bond donors (Lipinski definition) is 3. The summed E-state index contributed by atoms with van der Waals surface area (Å²) in [4.78, 5) is 18.2. The first-order chi connectivity index (χ1) is 14.2. The molecule has 3 heterocycles. The van der Waals surface area contributed by atoms with Crippen LogP contribution in [0, 0.1) is 11.3 Å². The SMILES string of the molecule is CC.CCO.N#Cc1c(NC(=O)c2cccc3cccnc23)sc2c1CCNC2.O.[HH]. The largest absolute Gasteiger partial charge is 0.412 e. The Kier molecular flexibility index (Phi) is 10.6. The van der Waals surface area contributed by atoms with Gasteiger partial charge in [0, 0.05) is 31.0 Å². The average molecular weight is 431 g/mol. The average Bonchev–Trinajstić information content (AvgIpc) is 3.12. The van der Waals surface area contributed by atoms with E-state index in [1.807, 2.05) is 38.1 Å². The van der Waals surface area contributed by atoms with E-state index in [2.05, 4.69) is 21.7 Å². The van der Waals surface area contributed by atoms with Gasteiger partial charge in [0.2, 0.25) is 0 Å². The van der Waals surface area contributed by atoms with Crippen LogP contribution in [-0.2, 0) is 13.0 Å². The van der Waals surface area contributed by atoms with Crippen molar-refractivity contribution in [3.63, 3.8) is 0 Å². The molecule has 0 spiro atoms. The number of aromatic nitrogens is 1. The third-order valence-corrected chi connectivity index (χ3v) is 5.29. The number of nitrogens with zero attached hydrogens (tertiary/aromatic N) is 2. The van der Waals surface area contributed by atoms with Gasteiger partial charge in [-0.15, -0.1) is 11.3 Å². The highest BCUT2D eigenvalue weighted by molar-refractivity contribution is 7.16. The summed E-state index contributed by atoms with van der Waals surface area (Å²) >= 11 is 1.48. The number of hydrogen-bond acceptors (Lipinski definition) is 6. The Labute approximate surface area is 182 Å². The molecule has 0 unspecified atom stereocenters. The van der Waals surface area contributed by atoms with Crippen LogP contribution in [0.15, 0.2) is 36.5 Å². The van der Waals surface area contributed by atoms with E-state index in [9.17, 15) is 10.1 Å². The zero-order valence-corrected chi connectivity index (χ0v) is 18.3. The lowest BCUT2D eigenvalue weighted by Crippen LogP contribution is -2.22. The number of rotatable bonds is 2. The molecule has 5 N–H and O–H groups in total. The van der Waals surface area contributed by atoms with Crippen LogP contribution in [0.3, 0.4) is 0 Å². The molecule has 1 aliphatic rings. The van der Waals surface area contributed by atoms with E-state index in [1.165, 1.54) is 11.3 Å². The van der Waals surface area contributed by atoms with Crippen molar-refractivity contribution < 1.29 is 16.8 Å². The van der Waals surface area contributed by atoms with E-state index in [-0.39, 0.29) is 19.4 Å². The van der Waals surface area contributed by atoms with Crippen LogP contribution in [0.4, 0.5) is 5.00 Å². The fourth-order valence-electron chi connectivity index (χ4n) is 3.00. The fraction of sp³-hybridized carbons (Fsp3) is 0.318. The molecule has 162 valence electrons. The summed E-state index contributed by atoms with van der Waals surface area (Å²) in [5.74, 6) is -0.234. The highest BCUT2D eigenvalue weighted by Gasteiger charge is 2.22. The number of nitrogens with one attached hydrogen (secondary N) is 2. The first kappa shape index (κ1) is 25.2. The monoisotopic (exact) mass is 430 g/mol. The lowest BCUT2D eigenvalue weighted by atomic mass is 10.0. The van der Waals surface area contributed by atoms with E-state index in [0.717, 1.165) is 35.3 Å². The third-order valence-electron chi connectivity index (χ3n) is 4.14. The van der Waals surface area contributed by atoms with Gasteiger partial charge in [-0.05, 0) is 37.6 Å². The van der Waals surface area contributed by atoms with Crippen molar-refractivity contribution in [2.24, 2.45) is 0 Å². The van der Waals surface area contributed by atoms with Crippen molar-refractivity contribution in [3.8, 4) is 6.07 Å². The van der Waals surface area contributed by atoms with Gasteiger partial charge >= 0.3 is 0 Å². The molecule has 1 amide bonds. The van der Waals surface area contributed by atoms with Crippen LogP contribution in [0.5, 0.6) is 0 Å². The van der Waals surface area contributed by atoms with E-state index < -0.39 is 0 Å². The van der Waals surface area contributed by atoms with Crippen molar-refractivity contribution in [2.45, 2.75) is 33.7 Å². The number of nitriles is 1. The second-order valence-corrected chi connectivity index (χ2v) is 7.00. The summed E-state index contributed by atoms with van der Waals surface area (Å²) < 4.78 is 0. The van der Waals surface area contributed by atoms with E-state index in [4.69, 9.17) is 5.11 Å². The lowest BCUT2D eigenvalue weighted by Gasteiger charge is -2.11. The second-order valence-electron chi connectivity index (χ2n) is 5.90. The number of thiophene rings is 1. The molecule has 0 radical (unpaired) electrons. The molecule has 30 heavy (non-hydrogen) atoms. The Bertz CT molecular complexity index is 1010. The summed E-state index contributed by atoms with van der Waals surface area (Å²) in [6, 6.07) is 11.5. The van der Waals surface area contributed by atoms with Gasteiger partial charge in [-0.1, -0.05) is 32.0 Å². The van der Waals surface area contributed by atoms with Gasteiger partial charge in [0.25, 0.3) is 5.91 Å². The van der Waals surface area contributed by atoms with Crippen LogP contribution in [-0.4, -0.2) is 34.6 Å². The molecule has 4 rings (SSSR count). The number of aliphatic hydroxyl groups is 1. The number of anilines is 1. The van der Waals surface area contributed by atoms with Crippen LogP contribution >= 0.6 is 11.3 Å².